The summed E-state index contributed by atoms with van der Waals surface area (Å²) in [7, 11) is 0. The van der Waals surface area contributed by atoms with Crippen molar-refractivity contribution >= 4 is 0 Å². The summed E-state index contributed by atoms with van der Waals surface area (Å²) in [6.45, 7) is 5.97. The van der Waals surface area contributed by atoms with Crippen molar-refractivity contribution in [1.82, 2.24) is 14.8 Å². The van der Waals surface area contributed by atoms with E-state index < -0.39 is 0 Å². The van der Waals surface area contributed by atoms with Crippen LogP contribution in [0.25, 0.3) is 11.4 Å². The third-order valence-electron chi connectivity index (χ3n) is 4.22. The van der Waals surface area contributed by atoms with E-state index in [0.717, 1.165) is 37.6 Å². The molecule has 1 aliphatic rings. The normalized spacial score (nSPS) is 18.4. The molecule has 2 aromatic rings. The second-order valence-corrected chi connectivity index (χ2v) is 5.44. The fourth-order valence-corrected chi connectivity index (χ4v) is 2.78. The number of nitrogens with two attached hydrogens (primary N) is 1. The standard InChI is InChI=1S/C15H20N4/c1-10-4-3-5-13(11(10)2)15-18-17-14-7-6-12(8-16)9-19(14)15/h3-5,12H,6-9,16H2,1-2H3. The van der Waals surface area contributed by atoms with E-state index in [1.165, 1.54) is 16.7 Å². The van der Waals surface area contributed by atoms with Gasteiger partial charge in [0.1, 0.15) is 5.82 Å². The van der Waals surface area contributed by atoms with Crippen LogP contribution in [0.1, 0.15) is 23.4 Å². The first-order chi connectivity index (χ1) is 9.20. The van der Waals surface area contributed by atoms with Crippen LogP contribution >= 0.6 is 0 Å². The second kappa shape index (κ2) is 4.78. The van der Waals surface area contributed by atoms with Crippen molar-refractivity contribution in [2.75, 3.05) is 6.54 Å². The number of aryl methyl sites for hydroxylation is 2. The highest BCUT2D eigenvalue weighted by Crippen LogP contribution is 2.28. The van der Waals surface area contributed by atoms with Crippen molar-refractivity contribution in [3.8, 4) is 11.4 Å². The van der Waals surface area contributed by atoms with E-state index >= 15 is 0 Å². The Bertz CT molecular complexity index is 600. The Morgan fingerprint density at radius 2 is 2.16 bits per heavy atom. The van der Waals surface area contributed by atoms with Crippen LogP contribution in [-0.2, 0) is 13.0 Å². The maximum absolute atomic E-state index is 5.82. The molecule has 1 aromatic heterocycles. The van der Waals surface area contributed by atoms with Crippen molar-refractivity contribution in [2.24, 2.45) is 11.7 Å². The van der Waals surface area contributed by atoms with Gasteiger partial charge in [0.25, 0.3) is 0 Å². The summed E-state index contributed by atoms with van der Waals surface area (Å²) in [5.74, 6) is 2.64. The first-order valence-electron chi connectivity index (χ1n) is 6.89. The summed E-state index contributed by atoms with van der Waals surface area (Å²) in [6, 6.07) is 6.35. The number of nitrogens with zero attached hydrogens (tertiary/aromatic N) is 3. The van der Waals surface area contributed by atoms with Crippen molar-refractivity contribution in [2.45, 2.75) is 33.2 Å². The largest absolute Gasteiger partial charge is 0.330 e. The molecule has 19 heavy (non-hydrogen) atoms. The van der Waals surface area contributed by atoms with Gasteiger partial charge in [-0.25, -0.2) is 0 Å². The molecule has 4 nitrogen and oxygen atoms in total. The minimum absolute atomic E-state index is 0.548. The van der Waals surface area contributed by atoms with Gasteiger partial charge in [-0.05, 0) is 43.9 Å². The topological polar surface area (TPSA) is 56.7 Å². The second-order valence-electron chi connectivity index (χ2n) is 5.44. The summed E-state index contributed by atoms with van der Waals surface area (Å²) < 4.78 is 2.25. The minimum atomic E-state index is 0.548. The molecule has 0 spiro atoms. The van der Waals surface area contributed by atoms with Gasteiger partial charge in [0.2, 0.25) is 0 Å². The molecule has 0 radical (unpaired) electrons. The quantitative estimate of drug-likeness (QED) is 0.895. The summed E-state index contributed by atoms with van der Waals surface area (Å²) >= 11 is 0. The number of hydrogen-bond donors (Lipinski definition) is 1. The van der Waals surface area contributed by atoms with Gasteiger partial charge in [-0.3, -0.25) is 0 Å². The molecular weight excluding hydrogens is 236 g/mol. The van der Waals surface area contributed by atoms with Crippen LogP contribution in [0, 0.1) is 19.8 Å². The lowest BCUT2D eigenvalue weighted by Crippen LogP contribution is -2.26. The van der Waals surface area contributed by atoms with Gasteiger partial charge in [-0.2, -0.15) is 0 Å². The summed E-state index contributed by atoms with van der Waals surface area (Å²) in [5, 5.41) is 8.76. The minimum Gasteiger partial charge on any atom is -0.330 e. The van der Waals surface area contributed by atoms with E-state index in [1.54, 1.807) is 0 Å². The van der Waals surface area contributed by atoms with Crippen LogP contribution in [0.3, 0.4) is 0 Å². The zero-order chi connectivity index (χ0) is 13.4. The summed E-state index contributed by atoms with van der Waals surface area (Å²) in [6.07, 6.45) is 2.11. The van der Waals surface area contributed by atoms with Crippen LogP contribution in [0.15, 0.2) is 18.2 Å². The number of hydrogen-bond acceptors (Lipinski definition) is 3. The molecule has 3 rings (SSSR count). The molecule has 0 saturated heterocycles. The molecular formula is C15H20N4. The smallest absolute Gasteiger partial charge is 0.164 e. The monoisotopic (exact) mass is 256 g/mol. The van der Waals surface area contributed by atoms with Crippen LogP contribution in [0.5, 0.6) is 0 Å². The maximum atomic E-state index is 5.82. The van der Waals surface area contributed by atoms with E-state index in [1.807, 2.05) is 0 Å². The van der Waals surface area contributed by atoms with Gasteiger partial charge in [0.05, 0.1) is 0 Å². The Morgan fingerprint density at radius 3 is 2.95 bits per heavy atom. The predicted octanol–water partition coefficient (Wildman–Crippen LogP) is 2.08. The van der Waals surface area contributed by atoms with Crippen LogP contribution in [0.2, 0.25) is 0 Å². The van der Waals surface area contributed by atoms with Gasteiger partial charge in [0.15, 0.2) is 5.82 Å². The molecule has 1 atom stereocenters. The maximum Gasteiger partial charge on any atom is 0.164 e. The van der Waals surface area contributed by atoms with E-state index in [0.29, 0.717) is 5.92 Å². The molecule has 2 N–H and O–H groups in total. The van der Waals surface area contributed by atoms with E-state index in [2.05, 4.69) is 46.8 Å². The molecule has 4 heteroatoms. The van der Waals surface area contributed by atoms with Crippen molar-refractivity contribution < 1.29 is 0 Å². The van der Waals surface area contributed by atoms with Crippen molar-refractivity contribution in [3.63, 3.8) is 0 Å². The van der Waals surface area contributed by atoms with Gasteiger partial charge < -0.3 is 10.3 Å². The van der Waals surface area contributed by atoms with Gasteiger partial charge in [-0.15, -0.1) is 10.2 Å². The third-order valence-corrected chi connectivity index (χ3v) is 4.22. The SMILES string of the molecule is Cc1cccc(-c2nnc3n2CC(CN)CC3)c1C. The molecule has 0 saturated carbocycles. The Morgan fingerprint density at radius 1 is 1.32 bits per heavy atom. The van der Waals surface area contributed by atoms with Crippen LogP contribution < -0.4 is 5.73 Å². The molecule has 0 bridgehead atoms. The highest BCUT2D eigenvalue weighted by atomic mass is 15.3. The number of fused-ring (bicyclic) bond motifs is 1. The highest BCUT2D eigenvalue weighted by molar-refractivity contribution is 5.62. The lowest BCUT2D eigenvalue weighted by atomic mass is 9.98. The molecule has 1 aromatic carbocycles. The Labute approximate surface area is 113 Å². The lowest BCUT2D eigenvalue weighted by Gasteiger charge is -2.23. The first-order valence-corrected chi connectivity index (χ1v) is 6.89. The summed E-state index contributed by atoms with van der Waals surface area (Å²) in [5.41, 5.74) is 9.59. The van der Waals surface area contributed by atoms with Crippen molar-refractivity contribution in [1.29, 1.82) is 0 Å². The van der Waals surface area contributed by atoms with E-state index in [4.69, 9.17) is 5.73 Å². The van der Waals surface area contributed by atoms with Gasteiger partial charge in [-0.1, -0.05) is 18.2 Å². The number of rotatable bonds is 2. The highest BCUT2D eigenvalue weighted by Gasteiger charge is 2.23. The number of benzene rings is 1. The van der Waals surface area contributed by atoms with E-state index in [-0.39, 0.29) is 0 Å². The molecule has 0 amide bonds. The Kier molecular flexibility index (Phi) is 3.11. The average molecular weight is 256 g/mol. The Hall–Kier alpha value is -1.68. The molecule has 100 valence electrons. The fraction of sp³-hybridized carbons (Fsp3) is 0.467. The van der Waals surface area contributed by atoms with Gasteiger partial charge in [0, 0.05) is 18.5 Å². The average Bonchev–Trinajstić information content (AvgIpc) is 2.84. The first kappa shape index (κ1) is 12.4. The van der Waals surface area contributed by atoms with E-state index in [9.17, 15) is 0 Å². The van der Waals surface area contributed by atoms with Crippen molar-refractivity contribution in [3.05, 3.63) is 35.2 Å². The lowest BCUT2D eigenvalue weighted by molar-refractivity contribution is 0.375. The molecule has 0 fully saturated rings. The van der Waals surface area contributed by atoms with Crippen LogP contribution in [-0.4, -0.2) is 21.3 Å². The van der Waals surface area contributed by atoms with Gasteiger partial charge >= 0.3 is 0 Å². The van der Waals surface area contributed by atoms with Crippen LogP contribution in [0.4, 0.5) is 0 Å². The predicted molar refractivity (Wildman–Crippen MR) is 75.8 cm³/mol. The zero-order valence-corrected chi connectivity index (χ0v) is 11.6. The molecule has 0 aliphatic carbocycles. The Balaban J connectivity index is 2.07. The molecule has 1 unspecified atom stereocenters. The fourth-order valence-electron chi connectivity index (χ4n) is 2.78. The zero-order valence-electron chi connectivity index (χ0n) is 11.6. The molecule has 1 aliphatic heterocycles. The molecule has 2 heterocycles. The number of aromatic nitrogens is 3. The third kappa shape index (κ3) is 2.06. The summed E-state index contributed by atoms with van der Waals surface area (Å²) in [4.78, 5) is 0.